The second kappa shape index (κ2) is 6.83. The molecule has 24 heavy (non-hydrogen) atoms. The molecular formula is C19H17F2NO2. The molecule has 0 aliphatic carbocycles. The molecule has 1 aliphatic heterocycles. The molecule has 0 saturated carbocycles. The lowest BCUT2D eigenvalue weighted by Crippen LogP contribution is -2.30. The fraction of sp³-hybridized carbons (Fsp3) is 0.211. The number of fused-ring (bicyclic) bond motifs is 1. The van der Waals surface area contributed by atoms with Gasteiger partial charge in [0.15, 0.2) is 18.4 Å². The van der Waals surface area contributed by atoms with Crippen LogP contribution in [0.15, 0.2) is 54.2 Å². The highest BCUT2D eigenvalue weighted by molar-refractivity contribution is 5.89. The van der Waals surface area contributed by atoms with Crippen LogP contribution in [0.1, 0.15) is 29.3 Å². The lowest BCUT2D eigenvalue weighted by atomic mass is 10.0. The molecule has 3 nitrogen and oxygen atoms in total. The van der Waals surface area contributed by atoms with Crippen molar-refractivity contribution in [3.8, 4) is 0 Å². The summed E-state index contributed by atoms with van der Waals surface area (Å²) in [7, 11) is 0. The van der Waals surface area contributed by atoms with E-state index in [0.29, 0.717) is 29.7 Å². The van der Waals surface area contributed by atoms with E-state index in [1.807, 2.05) is 19.1 Å². The van der Waals surface area contributed by atoms with Crippen molar-refractivity contribution in [2.45, 2.75) is 19.8 Å². The number of halogens is 2. The van der Waals surface area contributed by atoms with Crippen molar-refractivity contribution in [2.24, 2.45) is 0 Å². The Morgan fingerprint density at radius 2 is 1.88 bits per heavy atom. The van der Waals surface area contributed by atoms with Gasteiger partial charge in [-0.05, 0) is 36.6 Å². The number of hydrogen-bond donors (Lipinski definition) is 0. The SMILES string of the molecule is CCC1=CCc2cc(F)c(F)cc2N1COC(=O)c1ccccc1. The number of nitrogens with zero attached hydrogens (tertiary/aromatic N) is 1. The van der Waals surface area contributed by atoms with Crippen molar-refractivity contribution in [3.63, 3.8) is 0 Å². The summed E-state index contributed by atoms with van der Waals surface area (Å²) in [5.74, 6) is -2.24. The molecule has 2 aromatic rings. The van der Waals surface area contributed by atoms with Gasteiger partial charge in [-0.15, -0.1) is 0 Å². The highest BCUT2D eigenvalue weighted by Crippen LogP contribution is 2.32. The number of carbonyl (C=O) groups excluding carboxylic acids is 1. The summed E-state index contributed by atoms with van der Waals surface area (Å²) in [4.78, 5) is 13.8. The zero-order chi connectivity index (χ0) is 17.1. The molecule has 0 bridgehead atoms. The van der Waals surface area contributed by atoms with Crippen LogP contribution < -0.4 is 4.90 Å². The van der Waals surface area contributed by atoms with Crippen LogP contribution in [-0.2, 0) is 11.2 Å². The summed E-state index contributed by atoms with van der Waals surface area (Å²) in [5, 5.41) is 0. The van der Waals surface area contributed by atoms with Crippen LogP contribution in [0, 0.1) is 11.6 Å². The lowest BCUT2D eigenvalue weighted by molar-refractivity contribution is 0.0510. The first kappa shape index (κ1) is 16.2. The maximum absolute atomic E-state index is 13.6. The standard InChI is InChI=1S/C19H17F2NO2/c1-2-15-9-8-14-10-16(20)17(21)11-18(14)22(15)12-24-19(23)13-6-4-3-5-7-13/h3-7,9-11H,2,8,12H2,1H3. The average molecular weight is 329 g/mol. The molecule has 0 spiro atoms. The van der Waals surface area contributed by atoms with Gasteiger partial charge in [0.1, 0.15) is 0 Å². The minimum absolute atomic E-state index is 0.0501. The van der Waals surface area contributed by atoms with E-state index in [1.54, 1.807) is 29.2 Å². The maximum Gasteiger partial charge on any atom is 0.339 e. The third kappa shape index (κ3) is 3.15. The highest BCUT2D eigenvalue weighted by Gasteiger charge is 2.22. The van der Waals surface area contributed by atoms with Gasteiger partial charge >= 0.3 is 5.97 Å². The number of ether oxygens (including phenoxy) is 1. The quantitative estimate of drug-likeness (QED) is 0.777. The monoisotopic (exact) mass is 329 g/mol. The largest absolute Gasteiger partial charge is 0.440 e. The van der Waals surface area contributed by atoms with Gasteiger partial charge < -0.3 is 9.64 Å². The van der Waals surface area contributed by atoms with Gasteiger partial charge in [0.25, 0.3) is 0 Å². The molecule has 1 aliphatic rings. The zero-order valence-corrected chi connectivity index (χ0v) is 13.3. The Bertz CT molecular complexity index is 787. The molecule has 124 valence electrons. The van der Waals surface area contributed by atoms with Crippen LogP contribution in [-0.4, -0.2) is 12.7 Å². The van der Waals surface area contributed by atoms with Crippen LogP contribution in [0.25, 0.3) is 0 Å². The van der Waals surface area contributed by atoms with Crippen molar-refractivity contribution in [1.29, 1.82) is 0 Å². The first-order chi connectivity index (χ1) is 11.6. The summed E-state index contributed by atoms with van der Waals surface area (Å²) in [5.41, 5.74) is 2.56. The second-order valence-electron chi connectivity index (χ2n) is 5.50. The second-order valence-corrected chi connectivity index (χ2v) is 5.50. The number of anilines is 1. The number of hydrogen-bond acceptors (Lipinski definition) is 3. The fourth-order valence-corrected chi connectivity index (χ4v) is 2.75. The van der Waals surface area contributed by atoms with Crippen LogP contribution >= 0.6 is 0 Å². The maximum atomic E-state index is 13.6. The molecule has 1 heterocycles. The molecule has 0 fully saturated rings. The first-order valence-corrected chi connectivity index (χ1v) is 7.76. The first-order valence-electron chi connectivity index (χ1n) is 7.76. The number of allylic oxidation sites excluding steroid dienone is 2. The molecule has 5 heteroatoms. The van der Waals surface area contributed by atoms with Gasteiger partial charge in [0.05, 0.1) is 11.3 Å². The van der Waals surface area contributed by atoms with E-state index >= 15 is 0 Å². The normalized spacial score (nSPS) is 13.3. The summed E-state index contributed by atoms with van der Waals surface area (Å²) < 4.78 is 32.5. The Hall–Kier alpha value is -2.69. The topological polar surface area (TPSA) is 29.5 Å². The molecule has 0 amide bonds. The molecule has 0 aromatic heterocycles. The van der Waals surface area contributed by atoms with Crippen molar-refractivity contribution < 1.29 is 18.3 Å². The summed E-state index contributed by atoms with van der Waals surface area (Å²) in [6.07, 6.45) is 3.16. The Balaban J connectivity index is 1.83. The molecular weight excluding hydrogens is 312 g/mol. The van der Waals surface area contributed by atoms with Crippen molar-refractivity contribution >= 4 is 11.7 Å². The molecule has 3 rings (SSSR count). The number of rotatable bonds is 4. The van der Waals surface area contributed by atoms with Crippen LogP contribution in [0.5, 0.6) is 0 Å². The Labute approximate surface area is 139 Å². The summed E-state index contributed by atoms with van der Waals surface area (Å²) in [6, 6.07) is 11.0. The van der Waals surface area contributed by atoms with E-state index in [9.17, 15) is 13.6 Å². The third-order valence-corrected chi connectivity index (χ3v) is 4.01. The number of carbonyl (C=O) groups is 1. The highest BCUT2D eigenvalue weighted by atomic mass is 19.2. The van der Waals surface area contributed by atoms with Crippen molar-refractivity contribution in [2.75, 3.05) is 11.6 Å². The van der Waals surface area contributed by atoms with Crippen molar-refractivity contribution in [1.82, 2.24) is 0 Å². The van der Waals surface area contributed by atoms with E-state index < -0.39 is 17.6 Å². The van der Waals surface area contributed by atoms with E-state index in [0.717, 1.165) is 11.8 Å². The van der Waals surface area contributed by atoms with Gasteiger partial charge in [0, 0.05) is 11.8 Å². The van der Waals surface area contributed by atoms with Gasteiger partial charge in [-0.25, -0.2) is 13.6 Å². The van der Waals surface area contributed by atoms with E-state index in [2.05, 4.69) is 0 Å². The fourth-order valence-electron chi connectivity index (χ4n) is 2.75. The zero-order valence-electron chi connectivity index (χ0n) is 13.3. The predicted octanol–water partition coefficient (Wildman–Crippen LogP) is 4.44. The van der Waals surface area contributed by atoms with Gasteiger partial charge in [-0.3, -0.25) is 0 Å². The Morgan fingerprint density at radius 3 is 2.58 bits per heavy atom. The molecule has 0 radical (unpaired) electrons. The summed E-state index contributed by atoms with van der Waals surface area (Å²) in [6.45, 7) is 1.91. The minimum atomic E-state index is -0.912. The lowest BCUT2D eigenvalue weighted by Gasteiger charge is -2.31. The predicted molar refractivity (Wildman–Crippen MR) is 87.6 cm³/mol. The third-order valence-electron chi connectivity index (χ3n) is 4.01. The van der Waals surface area contributed by atoms with Crippen LogP contribution in [0.4, 0.5) is 14.5 Å². The minimum Gasteiger partial charge on any atom is -0.440 e. The van der Waals surface area contributed by atoms with E-state index in [4.69, 9.17) is 4.74 Å². The molecule has 0 saturated heterocycles. The molecule has 0 unspecified atom stereocenters. The molecule has 0 N–H and O–H groups in total. The van der Waals surface area contributed by atoms with Crippen molar-refractivity contribution in [3.05, 3.63) is 77.0 Å². The van der Waals surface area contributed by atoms with E-state index in [1.165, 1.54) is 6.07 Å². The number of esters is 1. The average Bonchev–Trinajstić information content (AvgIpc) is 2.61. The van der Waals surface area contributed by atoms with E-state index in [-0.39, 0.29) is 6.73 Å². The number of benzene rings is 2. The Kier molecular flexibility index (Phi) is 4.60. The van der Waals surface area contributed by atoms with Crippen LogP contribution in [0.3, 0.4) is 0 Å². The smallest absolute Gasteiger partial charge is 0.339 e. The van der Waals surface area contributed by atoms with Crippen LogP contribution in [0.2, 0.25) is 0 Å². The van der Waals surface area contributed by atoms with Gasteiger partial charge in [0.2, 0.25) is 0 Å². The van der Waals surface area contributed by atoms with Gasteiger partial charge in [-0.2, -0.15) is 0 Å². The Morgan fingerprint density at radius 1 is 1.17 bits per heavy atom. The molecule has 0 atom stereocenters. The summed E-state index contributed by atoms with van der Waals surface area (Å²) >= 11 is 0. The molecule has 2 aromatic carbocycles. The van der Waals surface area contributed by atoms with Gasteiger partial charge in [-0.1, -0.05) is 31.2 Å².